The van der Waals surface area contributed by atoms with E-state index in [1.165, 1.54) is 18.2 Å². The molecular formula is C8H6ClF2N. The third-order valence-electron chi connectivity index (χ3n) is 1.31. The van der Waals surface area contributed by atoms with Crippen molar-refractivity contribution in [2.24, 2.45) is 0 Å². The number of benzene rings is 1. The van der Waals surface area contributed by atoms with Crippen LogP contribution in [0.5, 0.6) is 0 Å². The monoisotopic (exact) mass is 189 g/mol. The quantitative estimate of drug-likeness (QED) is 0.675. The summed E-state index contributed by atoms with van der Waals surface area (Å²) in [6.45, 7) is 0. The standard InChI is InChI=1S/C8H6ClF2N/c9-8(11)7(10)5-2-1-3-6(12)4-5/h1-4H,12H2/b8-7+. The van der Waals surface area contributed by atoms with Gasteiger partial charge in [0.1, 0.15) is 0 Å². The minimum Gasteiger partial charge on any atom is -0.399 e. The molecule has 0 radical (unpaired) electrons. The van der Waals surface area contributed by atoms with E-state index in [-0.39, 0.29) is 5.56 Å². The zero-order valence-electron chi connectivity index (χ0n) is 6.02. The summed E-state index contributed by atoms with van der Waals surface area (Å²) in [4.78, 5) is 0. The smallest absolute Gasteiger partial charge is 0.225 e. The average molecular weight is 190 g/mol. The Morgan fingerprint density at radius 3 is 2.50 bits per heavy atom. The van der Waals surface area contributed by atoms with Crippen LogP contribution in [0.1, 0.15) is 5.56 Å². The molecule has 1 rings (SSSR count). The molecule has 0 unspecified atom stereocenters. The highest BCUT2D eigenvalue weighted by molar-refractivity contribution is 6.30. The molecule has 1 aromatic rings. The second-order valence-corrected chi connectivity index (χ2v) is 2.53. The number of hydrogen-bond donors (Lipinski definition) is 1. The fraction of sp³-hybridized carbons (Fsp3) is 0. The van der Waals surface area contributed by atoms with Crippen molar-refractivity contribution in [1.82, 2.24) is 0 Å². The third-order valence-corrected chi connectivity index (χ3v) is 1.47. The van der Waals surface area contributed by atoms with Gasteiger partial charge in [-0.05, 0) is 23.7 Å². The minimum atomic E-state index is -1.36. The van der Waals surface area contributed by atoms with E-state index >= 15 is 0 Å². The molecule has 1 nitrogen and oxygen atoms in total. The Labute approximate surface area is 73.4 Å². The summed E-state index contributed by atoms with van der Waals surface area (Å²) in [6.07, 6.45) is 0. The summed E-state index contributed by atoms with van der Waals surface area (Å²) in [5.74, 6) is -1.09. The van der Waals surface area contributed by atoms with E-state index in [9.17, 15) is 8.78 Å². The maximum Gasteiger partial charge on any atom is 0.225 e. The molecule has 4 heteroatoms. The maximum absolute atomic E-state index is 12.8. The molecule has 0 aliphatic carbocycles. The van der Waals surface area contributed by atoms with Gasteiger partial charge < -0.3 is 5.73 Å². The molecule has 0 spiro atoms. The molecule has 0 fully saturated rings. The maximum atomic E-state index is 12.8. The van der Waals surface area contributed by atoms with Crippen LogP contribution in [0.2, 0.25) is 0 Å². The van der Waals surface area contributed by atoms with E-state index in [1.54, 1.807) is 6.07 Å². The number of nitrogens with two attached hydrogens (primary N) is 1. The number of hydrogen-bond acceptors (Lipinski definition) is 1. The molecule has 0 heterocycles. The molecule has 0 aliphatic rings. The average Bonchev–Trinajstić information content (AvgIpc) is 2.03. The van der Waals surface area contributed by atoms with Crippen LogP contribution >= 0.6 is 11.6 Å². The van der Waals surface area contributed by atoms with Gasteiger partial charge in [-0.2, -0.15) is 4.39 Å². The molecule has 64 valence electrons. The summed E-state index contributed by atoms with van der Waals surface area (Å²) in [5, 5.41) is -1.36. The Bertz CT molecular complexity index is 319. The summed E-state index contributed by atoms with van der Waals surface area (Å²) >= 11 is 4.81. The molecule has 1 aromatic carbocycles. The van der Waals surface area contributed by atoms with Crippen LogP contribution in [0.15, 0.2) is 29.6 Å². The van der Waals surface area contributed by atoms with Gasteiger partial charge in [0.2, 0.25) is 5.29 Å². The molecule has 0 atom stereocenters. The van der Waals surface area contributed by atoms with Gasteiger partial charge in [-0.1, -0.05) is 12.1 Å². The lowest BCUT2D eigenvalue weighted by Gasteiger charge is -1.97. The van der Waals surface area contributed by atoms with E-state index in [0.29, 0.717) is 5.69 Å². The summed E-state index contributed by atoms with van der Waals surface area (Å²) in [6, 6.07) is 5.78. The first-order valence-corrected chi connectivity index (χ1v) is 3.55. The predicted molar refractivity (Wildman–Crippen MR) is 45.8 cm³/mol. The molecule has 0 saturated heterocycles. The molecular weight excluding hydrogens is 184 g/mol. The molecule has 0 amide bonds. The van der Waals surface area contributed by atoms with Gasteiger partial charge in [0.15, 0.2) is 5.83 Å². The van der Waals surface area contributed by atoms with E-state index in [2.05, 4.69) is 0 Å². The second kappa shape index (κ2) is 3.54. The molecule has 0 saturated carbocycles. The van der Waals surface area contributed by atoms with Crippen LogP contribution in [0, 0.1) is 0 Å². The lowest BCUT2D eigenvalue weighted by atomic mass is 10.2. The fourth-order valence-corrected chi connectivity index (χ4v) is 0.893. The van der Waals surface area contributed by atoms with Crippen molar-refractivity contribution >= 4 is 23.1 Å². The molecule has 0 bridgehead atoms. The van der Waals surface area contributed by atoms with Gasteiger partial charge in [-0.15, -0.1) is 0 Å². The van der Waals surface area contributed by atoms with Crippen molar-refractivity contribution in [3.63, 3.8) is 0 Å². The summed E-state index contributed by atoms with van der Waals surface area (Å²) in [5.41, 5.74) is 5.75. The Morgan fingerprint density at radius 2 is 2.00 bits per heavy atom. The van der Waals surface area contributed by atoms with Crippen LogP contribution < -0.4 is 5.73 Å². The highest BCUT2D eigenvalue weighted by Crippen LogP contribution is 2.24. The van der Waals surface area contributed by atoms with Gasteiger partial charge in [-0.3, -0.25) is 0 Å². The summed E-state index contributed by atoms with van der Waals surface area (Å²) < 4.78 is 24.9. The fourth-order valence-electron chi connectivity index (χ4n) is 0.784. The summed E-state index contributed by atoms with van der Waals surface area (Å²) in [7, 11) is 0. The highest BCUT2D eigenvalue weighted by Gasteiger charge is 2.05. The first-order chi connectivity index (χ1) is 5.61. The van der Waals surface area contributed by atoms with Crippen molar-refractivity contribution in [2.45, 2.75) is 0 Å². The van der Waals surface area contributed by atoms with Crippen molar-refractivity contribution in [1.29, 1.82) is 0 Å². The topological polar surface area (TPSA) is 26.0 Å². The normalized spacial score (nSPS) is 12.6. The first kappa shape index (κ1) is 9.00. The minimum absolute atomic E-state index is 0.0440. The highest BCUT2D eigenvalue weighted by atomic mass is 35.5. The largest absolute Gasteiger partial charge is 0.399 e. The van der Waals surface area contributed by atoms with Gasteiger partial charge >= 0.3 is 0 Å². The van der Waals surface area contributed by atoms with Crippen LogP contribution in [-0.2, 0) is 0 Å². The lowest BCUT2D eigenvalue weighted by molar-refractivity contribution is 0.651. The third kappa shape index (κ3) is 1.95. The number of halogens is 3. The Kier molecular flexibility index (Phi) is 2.65. The first-order valence-electron chi connectivity index (χ1n) is 3.18. The van der Waals surface area contributed by atoms with E-state index in [1.807, 2.05) is 0 Å². The van der Waals surface area contributed by atoms with E-state index < -0.39 is 11.1 Å². The molecule has 2 N–H and O–H groups in total. The van der Waals surface area contributed by atoms with Crippen LogP contribution in [-0.4, -0.2) is 0 Å². The van der Waals surface area contributed by atoms with Crippen LogP contribution in [0.4, 0.5) is 14.5 Å². The van der Waals surface area contributed by atoms with E-state index in [0.717, 1.165) is 0 Å². The van der Waals surface area contributed by atoms with Gasteiger partial charge in [0.05, 0.1) is 0 Å². The molecule has 0 aromatic heterocycles. The Balaban J connectivity index is 3.13. The van der Waals surface area contributed by atoms with Gasteiger partial charge in [0.25, 0.3) is 0 Å². The molecule has 0 aliphatic heterocycles. The predicted octanol–water partition coefficient (Wildman–Crippen LogP) is 3.07. The Hall–Kier alpha value is -1.09. The van der Waals surface area contributed by atoms with Crippen molar-refractivity contribution in [3.05, 3.63) is 35.1 Å². The Morgan fingerprint density at radius 1 is 1.33 bits per heavy atom. The van der Waals surface area contributed by atoms with Gasteiger partial charge in [-0.25, -0.2) is 4.39 Å². The van der Waals surface area contributed by atoms with Crippen molar-refractivity contribution in [2.75, 3.05) is 5.73 Å². The lowest BCUT2D eigenvalue weighted by Crippen LogP contribution is -1.86. The number of nitrogen functional groups attached to an aromatic ring is 1. The zero-order valence-corrected chi connectivity index (χ0v) is 6.78. The number of rotatable bonds is 1. The van der Waals surface area contributed by atoms with Crippen LogP contribution in [0.25, 0.3) is 5.83 Å². The molecule has 12 heavy (non-hydrogen) atoms. The van der Waals surface area contributed by atoms with E-state index in [4.69, 9.17) is 17.3 Å². The SMILES string of the molecule is Nc1cccc(/C(F)=C(\F)Cl)c1. The zero-order chi connectivity index (χ0) is 9.14. The second-order valence-electron chi connectivity index (χ2n) is 2.20. The van der Waals surface area contributed by atoms with Crippen molar-refractivity contribution in [3.8, 4) is 0 Å². The number of anilines is 1. The van der Waals surface area contributed by atoms with Crippen LogP contribution in [0.3, 0.4) is 0 Å². The van der Waals surface area contributed by atoms with Crippen molar-refractivity contribution < 1.29 is 8.78 Å². The van der Waals surface area contributed by atoms with Gasteiger partial charge in [0, 0.05) is 11.3 Å².